The number of carbonyl (C=O) groups is 2. The summed E-state index contributed by atoms with van der Waals surface area (Å²) in [5.74, 6) is 0.890. The van der Waals surface area contributed by atoms with E-state index in [-0.39, 0.29) is 11.7 Å². The number of hydrogen-bond donors (Lipinski definition) is 1. The van der Waals surface area contributed by atoms with Gasteiger partial charge >= 0.3 is 0 Å². The third kappa shape index (κ3) is 4.86. The van der Waals surface area contributed by atoms with Gasteiger partial charge in [-0.1, -0.05) is 17.8 Å². The zero-order chi connectivity index (χ0) is 20.2. The van der Waals surface area contributed by atoms with Crippen LogP contribution in [0.1, 0.15) is 39.9 Å². The van der Waals surface area contributed by atoms with Crippen LogP contribution >= 0.6 is 23.1 Å². The van der Waals surface area contributed by atoms with Crippen LogP contribution in [0.15, 0.2) is 46.9 Å². The minimum Gasteiger partial charge on any atom is -0.497 e. The molecule has 1 saturated carbocycles. The lowest BCUT2D eigenvalue weighted by atomic mass is 10.2. The van der Waals surface area contributed by atoms with Crippen molar-refractivity contribution in [3.63, 3.8) is 0 Å². The van der Waals surface area contributed by atoms with E-state index >= 15 is 0 Å². The molecule has 0 saturated heterocycles. The first kappa shape index (κ1) is 19.7. The molecule has 2 aromatic heterocycles. The standard InChI is InChI=1S/C20H20N4O3S2/c1-27-15-8-4-13(5-9-15)19(26)21-18(25)12-29-20-23-22-17(24(20)14-6-7-14)11-16-3-2-10-28-16/h2-5,8-10,14H,6-7,11-12H2,1H3,(H,21,25,26). The van der Waals surface area contributed by atoms with Crippen molar-refractivity contribution >= 4 is 34.9 Å². The molecule has 9 heteroatoms. The summed E-state index contributed by atoms with van der Waals surface area (Å²) in [6.45, 7) is 0. The van der Waals surface area contributed by atoms with Crippen molar-refractivity contribution in [1.29, 1.82) is 0 Å². The molecule has 0 unspecified atom stereocenters. The van der Waals surface area contributed by atoms with Crippen molar-refractivity contribution in [1.82, 2.24) is 20.1 Å². The Morgan fingerprint density at radius 1 is 1.24 bits per heavy atom. The smallest absolute Gasteiger partial charge is 0.257 e. The van der Waals surface area contributed by atoms with Gasteiger partial charge in [0.2, 0.25) is 5.91 Å². The summed E-state index contributed by atoms with van der Waals surface area (Å²) >= 11 is 3.00. The second kappa shape index (κ2) is 8.79. The van der Waals surface area contributed by atoms with Crippen LogP contribution in [0, 0.1) is 0 Å². The Bertz CT molecular complexity index is 995. The Balaban J connectivity index is 1.36. The number of nitrogens with zero attached hydrogens (tertiary/aromatic N) is 3. The summed E-state index contributed by atoms with van der Waals surface area (Å²) in [5, 5.41) is 13.8. The number of hydrogen-bond acceptors (Lipinski definition) is 7. The van der Waals surface area contributed by atoms with Crippen LogP contribution < -0.4 is 10.1 Å². The highest BCUT2D eigenvalue weighted by Gasteiger charge is 2.30. The number of aromatic nitrogens is 3. The van der Waals surface area contributed by atoms with Crippen molar-refractivity contribution in [3.8, 4) is 5.75 Å². The predicted octanol–water partition coefficient (Wildman–Crippen LogP) is 3.32. The number of thiophene rings is 1. The van der Waals surface area contributed by atoms with E-state index in [1.807, 2.05) is 11.4 Å². The molecular formula is C20H20N4O3S2. The first-order chi connectivity index (χ1) is 14.1. The topological polar surface area (TPSA) is 86.1 Å². The molecule has 0 spiro atoms. The SMILES string of the molecule is COc1ccc(C(=O)NC(=O)CSc2nnc(Cc3cccs3)n2C2CC2)cc1. The molecule has 1 aliphatic rings. The van der Waals surface area contributed by atoms with E-state index < -0.39 is 5.91 Å². The van der Waals surface area contributed by atoms with Gasteiger partial charge < -0.3 is 9.30 Å². The highest BCUT2D eigenvalue weighted by atomic mass is 32.2. The van der Waals surface area contributed by atoms with Gasteiger partial charge in [0, 0.05) is 22.9 Å². The molecule has 0 aliphatic heterocycles. The summed E-state index contributed by atoms with van der Waals surface area (Å²) in [5.41, 5.74) is 0.406. The third-order valence-electron chi connectivity index (χ3n) is 4.50. The molecule has 150 valence electrons. The normalized spacial score (nSPS) is 13.3. The fourth-order valence-electron chi connectivity index (χ4n) is 2.90. The zero-order valence-corrected chi connectivity index (χ0v) is 17.5. The maximum Gasteiger partial charge on any atom is 0.257 e. The monoisotopic (exact) mass is 428 g/mol. The molecule has 7 nitrogen and oxygen atoms in total. The molecule has 2 heterocycles. The molecule has 0 atom stereocenters. The number of methoxy groups -OCH3 is 1. The molecule has 1 fully saturated rings. The predicted molar refractivity (Wildman–Crippen MR) is 112 cm³/mol. The fraction of sp³-hybridized carbons (Fsp3) is 0.300. The zero-order valence-electron chi connectivity index (χ0n) is 15.8. The van der Waals surface area contributed by atoms with Gasteiger partial charge in [-0.3, -0.25) is 14.9 Å². The number of benzene rings is 1. The Morgan fingerprint density at radius 3 is 2.69 bits per heavy atom. The maximum absolute atomic E-state index is 12.2. The van der Waals surface area contributed by atoms with E-state index in [9.17, 15) is 9.59 Å². The van der Waals surface area contributed by atoms with Crippen molar-refractivity contribution in [2.75, 3.05) is 12.9 Å². The number of imide groups is 1. The van der Waals surface area contributed by atoms with Crippen LogP contribution in [0.3, 0.4) is 0 Å². The second-order valence-electron chi connectivity index (χ2n) is 6.65. The first-order valence-electron chi connectivity index (χ1n) is 9.21. The summed E-state index contributed by atoms with van der Waals surface area (Å²) in [4.78, 5) is 25.7. The molecule has 1 aliphatic carbocycles. The van der Waals surface area contributed by atoms with Gasteiger partial charge in [0.1, 0.15) is 11.6 Å². The van der Waals surface area contributed by atoms with Crippen LogP contribution in [0.25, 0.3) is 0 Å². The number of amides is 2. The molecular weight excluding hydrogens is 408 g/mol. The van der Waals surface area contributed by atoms with Crippen molar-refractivity contribution in [2.45, 2.75) is 30.5 Å². The van der Waals surface area contributed by atoms with Crippen molar-refractivity contribution in [3.05, 3.63) is 58.0 Å². The molecule has 4 rings (SSSR count). The Morgan fingerprint density at radius 2 is 2.03 bits per heavy atom. The molecule has 0 radical (unpaired) electrons. The van der Waals surface area contributed by atoms with E-state index in [1.165, 1.54) is 16.6 Å². The molecule has 1 aromatic carbocycles. The maximum atomic E-state index is 12.2. The highest BCUT2D eigenvalue weighted by Crippen LogP contribution is 2.39. The van der Waals surface area contributed by atoms with E-state index in [0.717, 1.165) is 30.2 Å². The third-order valence-corrected chi connectivity index (χ3v) is 6.32. The lowest BCUT2D eigenvalue weighted by Gasteiger charge is -2.08. The minimum absolute atomic E-state index is 0.103. The largest absolute Gasteiger partial charge is 0.497 e. The second-order valence-corrected chi connectivity index (χ2v) is 8.63. The number of carbonyl (C=O) groups excluding carboxylic acids is 2. The summed E-state index contributed by atoms with van der Waals surface area (Å²) in [6, 6.07) is 11.1. The number of nitrogens with one attached hydrogen (secondary N) is 1. The quantitative estimate of drug-likeness (QED) is 0.554. The molecule has 2 amide bonds. The van der Waals surface area contributed by atoms with Crippen LogP contribution in [0.2, 0.25) is 0 Å². The molecule has 1 N–H and O–H groups in total. The highest BCUT2D eigenvalue weighted by molar-refractivity contribution is 7.99. The first-order valence-corrected chi connectivity index (χ1v) is 11.1. The van der Waals surface area contributed by atoms with Gasteiger partial charge in [0.15, 0.2) is 5.16 Å². The van der Waals surface area contributed by atoms with Crippen molar-refractivity contribution < 1.29 is 14.3 Å². The summed E-state index contributed by atoms with van der Waals surface area (Å²) in [6.07, 6.45) is 2.94. The van der Waals surface area contributed by atoms with Crippen LogP contribution in [-0.2, 0) is 11.2 Å². The average Bonchev–Trinajstić information content (AvgIpc) is 3.28. The molecule has 3 aromatic rings. The van der Waals surface area contributed by atoms with Gasteiger partial charge in [-0.25, -0.2) is 0 Å². The van der Waals surface area contributed by atoms with Crippen LogP contribution in [0.4, 0.5) is 0 Å². The van der Waals surface area contributed by atoms with Crippen LogP contribution in [0.5, 0.6) is 5.75 Å². The number of rotatable bonds is 8. The molecule has 29 heavy (non-hydrogen) atoms. The van der Waals surface area contributed by atoms with E-state index in [1.54, 1.807) is 42.7 Å². The lowest BCUT2D eigenvalue weighted by Crippen LogP contribution is -2.31. The average molecular weight is 429 g/mol. The van der Waals surface area contributed by atoms with Crippen molar-refractivity contribution in [2.24, 2.45) is 0 Å². The minimum atomic E-state index is -0.430. The summed E-state index contributed by atoms with van der Waals surface area (Å²) in [7, 11) is 1.56. The van der Waals surface area contributed by atoms with Gasteiger partial charge in [-0.05, 0) is 48.6 Å². The number of thioether (sulfide) groups is 1. The van der Waals surface area contributed by atoms with Gasteiger partial charge in [-0.2, -0.15) is 0 Å². The number of ether oxygens (including phenoxy) is 1. The lowest BCUT2D eigenvalue weighted by molar-refractivity contribution is -0.117. The van der Waals surface area contributed by atoms with E-state index in [2.05, 4.69) is 26.1 Å². The van der Waals surface area contributed by atoms with E-state index in [0.29, 0.717) is 17.4 Å². The Kier molecular flexibility index (Phi) is 5.96. The fourth-order valence-corrected chi connectivity index (χ4v) is 4.43. The summed E-state index contributed by atoms with van der Waals surface area (Å²) < 4.78 is 7.21. The van der Waals surface area contributed by atoms with Gasteiger partial charge in [-0.15, -0.1) is 21.5 Å². The van der Waals surface area contributed by atoms with E-state index in [4.69, 9.17) is 4.74 Å². The Labute approximate surface area is 176 Å². The van der Waals surface area contributed by atoms with Gasteiger partial charge in [0.25, 0.3) is 5.91 Å². The Hall–Kier alpha value is -2.65. The molecule has 0 bridgehead atoms. The van der Waals surface area contributed by atoms with Gasteiger partial charge in [0.05, 0.1) is 12.9 Å². The van der Waals surface area contributed by atoms with Crippen LogP contribution in [-0.4, -0.2) is 39.4 Å².